The Labute approximate surface area is 130 Å². The highest BCUT2D eigenvalue weighted by molar-refractivity contribution is 7.09. The molecular weight excluding hydrogens is 286 g/mol. The lowest BCUT2D eigenvalue weighted by atomic mass is 10.2. The number of hydrogen-bond donors (Lipinski definition) is 2. The van der Waals surface area contributed by atoms with E-state index < -0.39 is 6.03 Å². The third-order valence-electron chi connectivity index (χ3n) is 2.64. The number of nitrogens with one attached hydrogen (secondary N) is 2. The van der Waals surface area contributed by atoms with E-state index >= 15 is 0 Å². The van der Waals surface area contributed by atoms with Crippen LogP contribution in [0.25, 0.3) is 0 Å². The van der Waals surface area contributed by atoms with Gasteiger partial charge in [-0.2, -0.15) is 0 Å². The molecule has 116 valence electrons. The molecule has 1 aromatic rings. The highest BCUT2D eigenvalue weighted by Gasteiger charge is 2.13. The zero-order valence-electron chi connectivity index (χ0n) is 12.6. The van der Waals surface area contributed by atoms with E-state index in [0.717, 1.165) is 0 Å². The number of urea groups is 1. The van der Waals surface area contributed by atoms with Gasteiger partial charge in [-0.15, -0.1) is 17.9 Å². The Morgan fingerprint density at radius 3 is 2.81 bits per heavy atom. The number of carbonyl (C=O) groups excluding carboxylic acids is 2. The van der Waals surface area contributed by atoms with Crippen LogP contribution in [0.4, 0.5) is 4.79 Å². The maximum atomic E-state index is 11.9. The first-order valence-electron chi connectivity index (χ1n) is 6.94. The first-order chi connectivity index (χ1) is 10.0. The van der Waals surface area contributed by atoms with Crippen molar-refractivity contribution in [2.75, 3.05) is 19.6 Å². The van der Waals surface area contributed by atoms with Crippen LogP contribution in [0.2, 0.25) is 0 Å². The second-order valence-corrected chi connectivity index (χ2v) is 6.22. The fourth-order valence-electron chi connectivity index (χ4n) is 1.70. The van der Waals surface area contributed by atoms with Crippen LogP contribution in [0.1, 0.15) is 18.7 Å². The van der Waals surface area contributed by atoms with Crippen molar-refractivity contribution < 1.29 is 9.59 Å². The van der Waals surface area contributed by atoms with Gasteiger partial charge in [0, 0.05) is 24.5 Å². The summed E-state index contributed by atoms with van der Waals surface area (Å²) >= 11 is 1.64. The second-order valence-electron chi connectivity index (χ2n) is 5.19. The maximum Gasteiger partial charge on any atom is 0.321 e. The van der Waals surface area contributed by atoms with Gasteiger partial charge in [0.15, 0.2) is 0 Å². The molecule has 1 aromatic heterocycles. The lowest BCUT2D eigenvalue weighted by Crippen LogP contribution is -2.45. The molecule has 0 aliphatic carbocycles. The Kier molecular flexibility index (Phi) is 7.71. The lowest BCUT2D eigenvalue weighted by molar-refractivity contribution is -0.121. The Morgan fingerprint density at radius 1 is 1.48 bits per heavy atom. The lowest BCUT2D eigenvalue weighted by Gasteiger charge is -2.19. The molecule has 0 spiro atoms. The van der Waals surface area contributed by atoms with Crippen molar-refractivity contribution in [3.05, 3.63) is 35.0 Å². The predicted molar refractivity (Wildman–Crippen MR) is 86.2 cm³/mol. The van der Waals surface area contributed by atoms with Gasteiger partial charge in [0.1, 0.15) is 0 Å². The van der Waals surface area contributed by atoms with Crippen molar-refractivity contribution in [2.24, 2.45) is 5.92 Å². The monoisotopic (exact) mass is 309 g/mol. The second kappa shape index (κ2) is 9.31. The Morgan fingerprint density at radius 2 is 2.24 bits per heavy atom. The molecule has 0 aliphatic rings. The summed E-state index contributed by atoms with van der Waals surface area (Å²) in [7, 11) is 0. The van der Waals surface area contributed by atoms with Crippen molar-refractivity contribution in [3.63, 3.8) is 0 Å². The molecule has 0 unspecified atom stereocenters. The molecule has 0 fully saturated rings. The summed E-state index contributed by atoms with van der Waals surface area (Å²) in [6.45, 7) is 9.67. The van der Waals surface area contributed by atoms with E-state index in [4.69, 9.17) is 0 Å². The average Bonchev–Trinajstić information content (AvgIpc) is 2.89. The van der Waals surface area contributed by atoms with E-state index in [2.05, 4.69) is 17.2 Å². The zero-order valence-corrected chi connectivity index (χ0v) is 13.4. The van der Waals surface area contributed by atoms with Gasteiger partial charge in [-0.1, -0.05) is 26.0 Å². The zero-order chi connectivity index (χ0) is 15.7. The summed E-state index contributed by atoms with van der Waals surface area (Å²) in [6.07, 6.45) is 1.75. The smallest absolute Gasteiger partial charge is 0.321 e. The van der Waals surface area contributed by atoms with Gasteiger partial charge in [-0.05, 0) is 17.4 Å². The first kappa shape index (κ1) is 17.4. The molecule has 0 saturated heterocycles. The van der Waals surface area contributed by atoms with Crippen molar-refractivity contribution in [1.29, 1.82) is 0 Å². The Hall–Kier alpha value is -1.66. The molecule has 0 saturated carbocycles. The molecule has 6 heteroatoms. The van der Waals surface area contributed by atoms with Crippen LogP contribution < -0.4 is 10.6 Å². The van der Waals surface area contributed by atoms with E-state index in [1.165, 1.54) is 4.88 Å². The van der Waals surface area contributed by atoms with Crippen molar-refractivity contribution in [3.8, 4) is 0 Å². The average molecular weight is 309 g/mol. The van der Waals surface area contributed by atoms with Crippen molar-refractivity contribution in [1.82, 2.24) is 15.5 Å². The quantitative estimate of drug-likeness (QED) is 0.724. The fourth-order valence-corrected chi connectivity index (χ4v) is 2.45. The van der Waals surface area contributed by atoms with E-state index in [9.17, 15) is 9.59 Å². The molecular formula is C15H23N3O2S. The normalized spacial score (nSPS) is 10.7. The predicted octanol–water partition coefficient (Wildman–Crippen LogP) is 2.22. The molecule has 1 rings (SSSR count). The van der Waals surface area contributed by atoms with Crippen LogP contribution in [-0.4, -0.2) is 36.5 Å². The summed E-state index contributed by atoms with van der Waals surface area (Å²) in [6, 6.07) is 3.56. The summed E-state index contributed by atoms with van der Waals surface area (Å²) in [4.78, 5) is 26.5. The van der Waals surface area contributed by atoms with Crippen molar-refractivity contribution >= 4 is 23.3 Å². The standard InChI is InChI=1S/C15H23N3O2S/c1-4-7-18(10-13-6-5-8-21-13)11-14(19)17-15(20)16-9-12(2)3/h4-6,8,12H,1,7,9-11H2,2-3H3,(H2,16,17,19,20). The minimum absolute atomic E-state index is 0.166. The molecule has 3 amide bonds. The molecule has 1 heterocycles. The Balaban J connectivity index is 2.41. The SMILES string of the molecule is C=CCN(CC(=O)NC(=O)NCC(C)C)Cc1cccs1. The van der Waals surface area contributed by atoms with Gasteiger partial charge in [0.05, 0.1) is 6.54 Å². The third kappa shape index (κ3) is 7.63. The number of rotatable bonds is 8. The molecule has 0 atom stereocenters. The molecule has 0 aliphatic heterocycles. The number of imide groups is 1. The highest BCUT2D eigenvalue weighted by atomic mass is 32.1. The number of nitrogens with zero attached hydrogens (tertiary/aromatic N) is 1. The summed E-state index contributed by atoms with van der Waals surface area (Å²) in [5.41, 5.74) is 0. The molecule has 5 nitrogen and oxygen atoms in total. The number of carbonyl (C=O) groups is 2. The minimum atomic E-state index is -0.441. The Bertz CT molecular complexity index is 457. The van der Waals surface area contributed by atoms with Gasteiger partial charge < -0.3 is 5.32 Å². The van der Waals surface area contributed by atoms with Crippen LogP contribution >= 0.6 is 11.3 Å². The highest BCUT2D eigenvalue weighted by Crippen LogP contribution is 2.11. The van der Waals surface area contributed by atoms with Crippen LogP contribution in [0.5, 0.6) is 0 Å². The van der Waals surface area contributed by atoms with Gasteiger partial charge in [-0.25, -0.2) is 4.79 Å². The fraction of sp³-hybridized carbons (Fsp3) is 0.467. The number of hydrogen-bond acceptors (Lipinski definition) is 4. The number of thiophene rings is 1. The van der Waals surface area contributed by atoms with E-state index in [-0.39, 0.29) is 12.5 Å². The summed E-state index contributed by atoms with van der Waals surface area (Å²) in [5, 5.41) is 7.00. The van der Waals surface area contributed by atoms with Gasteiger partial charge in [-0.3, -0.25) is 15.0 Å². The summed E-state index contributed by atoms with van der Waals surface area (Å²) in [5.74, 6) is 0.0385. The molecule has 0 bridgehead atoms. The summed E-state index contributed by atoms with van der Waals surface area (Å²) < 4.78 is 0. The molecule has 0 radical (unpaired) electrons. The topological polar surface area (TPSA) is 61.4 Å². The van der Waals surface area contributed by atoms with Gasteiger partial charge >= 0.3 is 6.03 Å². The van der Waals surface area contributed by atoms with Crippen LogP contribution in [0, 0.1) is 5.92 Å². The molecule has 0 aromatic carbocycles. The minimum Gasteiger partial charge on any atom is -0.338 e. The maximum absolute atomic E-state index is 11.9. The van der Waals surface area contributed by atoms with E-state index in [1.807, 2.05) is 36.3 Å². The largest absolute Gasteiger partial charge is 0.338 e. The molecule has 21 heavy (non-hydrogen) atoms. The molecule has 2 N–H and O–H groups in total. The van der Waals surface area contributed by atoms with Crippen LogP contribution in [-0.2, 0) is 11.3 Å². The first-order valence-corrected chi connectivity index (χ1v) is 7.82. The van der Waals surface area contributed by atoms with Crippen molar-refractivity contribution in [2.45, 2.75) is 20.4 Å². The van der Waals surface area contributed by atoms with Gasteiger partial charge in [0.25, 0.3) is 0 Å². The van der Waals surface area contributed by atoms with E-state index in [1.54, 1.807) is 17.4 Å². The third-order valence-corrected chi connectivity index (χ3v) is 3.50. The number of amides is 3. The van der Waals surface area contributed by atoms with Gasteiger partial charge in [0.2, 0.25) is 5.91 Å². The van der Waals surface area contributed by atoms with E-state index in [0.29, 0.717) is 25.6 Å². The van der Waals surface area contributed by atoms with Crippen LogP contribution in [0.3, 0.4) is 0 Å². The van der Waals surface area contributed by atoms with Crippen LogP contribution in [0.15, 0.2) is 30.2 Å².